The zero-order valence-electron chi connectivity index (χ0n) is 12.3. The van der Waals surface area contributed by atoms with Gasteiger partial charge in [-0.3, -0.25) is 4.79 Å². The average molecular weight is 273 g/mol. The molecule has 0 fully saturated rings. The summed E-state index contributed by atoms with van der Waals surface area (Å²) in [5.41, 5.74) is 5.29. The first kappa shape index (κ1) is 14.3. The second kappa shape index (κ2) is 5.49. The summed E-state index contributed by atoms with van der Waals surface area (Å²) in [6.45, 7) is 7.93. The Morgan fingerprint density at radius 3 is 2.35 bits per heavy atom. The monoisotopic (exact) mass is 273 g/mol. The summed E-state index contributed by atoms with van der Waals surface area (Å²) in [6.07, 6.45) is 0.407. The minimum absolute atomic E-state index is 0.0472. The van der Waals surface area contributed by atoms with E-state index in [9.17, 15) is 4.79 Å². The molecule has 1 aromatic heterocycles. The summed E-state index contributed by atoms with van der Waals surface area (Å²) in [4.78, 5) is 15.2. The summed E-state index contributed by atoms with van der Waals surface area (Å²) in [7, 11) is 0. The molecule has 1 heterocycles. The fourth-order valence-electron chi connectivity index (χ4n) is 2.61. The smallest absolute Gasteiger partial charge is 0.303 e. The van der Waals surface area contributed by atoms with E-state index in [0.717, 1.165) is 22.4 Å². The third-order valence-corrected chi connectivity index (χ3v) is 3.28. The van der Waals surface area contributed by atoms with Crippen molar-refractivity contribution in [2.45, 2.75) is 40.5 Å². The molecule has 20 heavy (non-hydrogen) atoms. The van der Waals surface area contributed by atoms with Crippen molar-refractivity contribution < 1.29 is 14.3 Å². The average Bonchev–Trinajstić information content (AvgIpc) is 2.66. The van der Waals surface area contributed by atoms with Crippen LogP contribution >= 0.6 is 0 Å². The lowest BCUT2D eigenvalue weighted by Gasteiger charge is -2.10. The largest absolute Gasteiger partial charge is 0.481 e. The molecule has 0 spiro atoms. The minimum Gasteiger partial charge on any atom is -0.481 e. The quantitative estimate of drug-likeness (QED) is 0.924. The second-order valence-electron chi connectivity index (χ2n) is 5.17. The van der Waals surface area contributed by atoms with Crippen molar-refractivity contribution in [3.05, 3.63) is 40.5 Å². The number of rotatable bonds is 4. The fraction of sp³-hybridized carbons (Fsp3) is 0.375. The molecule has 0 aliphatic heterocycles. The number of aliphatic carboxylic acids is 1. The number of benzene rings is 1. The Hall–Kier alpha value is -2.10. The highest BCUT2D eigenvalue weighted by atomic mass is 16.4. The molecule has 106 valence electrons. The van der Waals surface area contributed by atoms with Crippen LogP contribution in [0.1, 0.15) is 34.8 Å². The van der Waals surface area contributed by atoms with Crippen LogP contribution in [0, 0.1) is 27.7 Å². The molecule has 4 nitrogen and oxygen atoms in total. The Balaban J connectivity index is 2.50. The van der Waals surface area contributed by atoms with Crippen molar-refractivity contribution in [2.24, 2.45) is 0 Å². The number of aromatic nitrogens is 1. The highest BCUT2D eigenvalue weighted by Crippen LogP contribution is 2.31. The topological polar surface area (TPSA) is 63.3 Å². The first-order valence-electron chi connectivity index (χ1n) is 6.65. The summed E-state index contributed by atoms with van der Waals surface area (Å²) >= 11 is 0. The van der Waals surface area contributed by atoms with Crippen molar-refractivity contribution >= 4 is 5.97 Å². The van der Waals surface area contributed by atoms with Gasteiger partial charge in [-0.05, 0) is 31.9 Å². The van der Waals surface area contributed by atoms with Gasteiger partial charge < -0.3 is 9.52 Å². The van der Waals surface area contributed by atoms with Gasteiger partial charge in [0.2, 0.25) is 0 Å². The van der Waals surface area contributed by atoms with Gasteiger partial charge in [0.25, 0.3) is 0 Å². The van der Waals surface area contributed by atoms with Crippen LogP contribution in [-0.4, -0.2) is 16.1 Å². The van der Waals surface area contributed by atoms with E-state index in [1.165, 1.54) is 5.56 Å². The van der Waals surface area contributed by atoms with Crippen molar-refractivity contribution in [1.29, 1.82) is 0 Å². The maximum atomic E-state index is 10.7. The molecule has 0 unspecified atom stereocenters. The van der Waals surface area contributed by atoms with E-state index in [0.29, 0.717) is 18.1 Å². The first-order chi connectivity index (χ1) is 9.38. The molecule has 0 radical (unpaired) electrons. The molecular formula is C16H19NO3. The lowest BCUT2D eigenvalue weighted by atomic mass is 9.96. The lowest BCUT2D eigenvalue weighted by molar-refractivity contribution is -0.137. The molecular weight excluding hydrogens is 254 g/mol. The number of carboxylic acids is 1. The highest BCUT2D eigenvalue weighted by molar-refractivity contribution is 5.71. The van der Waals surface area contributed by atoms with E-state index in [2.05, 4.69) is 24.0 Å². The van der Waals surface area contributed by atoms with Crippen molar-refractivity contribution in [3.8, 4) is 11.3 Å². The number of aryl methyl sites for hydroxylation is 5. The van der Waals surface area contributed by atoms with Crippen LogP contribution in [0.15, 0.2) is 16.5 Å². The SMILES string of the molecule is Cc1cc(C)c(-c2nc(C)oc2CCC(=O)O)c(C)c1. The molecule has 0 atom stereocenters. The maximum absolute atomic E-state index is 10.7. The summed E-state index contributed by atoms with van der Waals surface area (Å²) in [5.74, 6) is 0.391. The van der Waals surface area contributed by atoms with Gasteiger partial charge in [-0.15, -0.1) is 0 Å². The third kappa shape index (κ3) is 2.90. The van der Waals surface area contributed by atoms with Crippen molar-refractivity contribution in [1.82, 2.24) is 4.98 Å². The Morgan fingerprint density at radius 2 is 1.80 bits per heavy atom. The van der Waals surface area contributed by atoms with Crippen LogP contribution in [-0.2, 0) is 11.2 Å². The van der Waals surface area contributed by atoms with Gasteiger partial charge >= 0.3 is 5.97 Å². The molecule has 0 saturated heterocycles. The lowest BCUT2D eigenvalue weighted by Crippen LogP contribution is -1.99. The van der Waals surface area contributed by atoms with Gasteiger partial charge in [0.05, 0.1) is 6.42 Å². The van der Waals surface area contributed by atoms with Crippen molar-refractivity contribution in [2.75, 3.05) is 0 Å². The van der Waals surface area contributed by atoms with Crippen LogP contribution in [0.25, 0.3) is 11.3 Å². The van der Waals surface area contributed by atoms with E-state index < -0.39 is 5.97 Å². The van der Waals surface area contributed by atoms with E-state index in [4.69, 9.17) is 9.52 Å². The normalized spacial score (nSPS) is 10.8. The minimum atomic E-state index is -0.831. The molecule has 1 N–H and O–H groups in total. The van der Waals surface area contributed by atoms with E-state index in [-0.39, 0.29) is 6.42 Å². The van der Waals surface area contributed by atoms with Gasteiger partial charge in [0, 0.05) is 18.9 Å². The molecule has 0 saturated carbocycles. The summed E-state index contributed by atoms with van der Waals surface area (Å²) in [6, 6.07) is 4.21. The van der Waals surface area contributed by atoms with Crippen LogP contribution < -0.4 is 0 Å². The van der Waals surface area contributed by atoms with E-state index >= 15 is 0 Å². The predicted molar refractivity (Wildman–Crippen MR) is 76.8 cm³/mol. The van der Waals surface area contributed by atoms with Crippen LogP contribution in [0.2, 0.25) is 0 Å². The first-order valence-corrected chi connectivity index (χ1v) is 6.65. The van der Waals surface area contributed by atoms with Gasteiger partial charge in [0.1, 0.15) is 11.5 Å². The van der Waals surface area contributed by atoms with Crippen LogP contribution in [0.3, 0.4) is 0 Å². The second-order valence-corrected chi connectivity index (χ2v) is 5.17. The number of hydrogen-bond acceptors (Lipinski definition) is 3. The Morgan fingerprint density at radius 1 is 1.20 bits per heavy atom. The van der Waals surface area contributed by atoms with Gasteiger partial charge in [-0.2, -0.15) is 0 Å². The number of carboxylic acid groups (broad SMARTS) is 1. The molecule has 0 amide bonds. The number of nitrogens with zero attached hydrogens (tertiary/aromatic N) is 1. The molecule has 1 aromatic carbocycles. The summed E-state index contributed by atoms with van der Waals surface area (Å²) < 4.78 is 5.59. The van der Waals surface area contributed by atoms with Gasteiger partial charge in [0.15, 0.2) is 5.89 Å². The van der Waals surface area contributed by atoms with E-state index in [1.54, 1.807) is 6.92 Å². The Bertz CT molecular complexity index is 633. The predicted octanol–water partition coefficient (Wildman–Crippen LogP) is 3.59. The van der Waals surface area contributed by atoms with Gasteiger partial charge in [-0.1, -0.05) is 17.7 Å². The van der Waals surface area contributed by atoms with Crippen LogP contribution in [0.5, 0.6) is 0 Å². The molecule has 0 bridgehead atoms. The maximum Gasteiger partial charge on any atom is 0.303 e. The van der Waals surface area contributed by atoms with Gasteiger partial charge in [-0.25, -0.2) is 4.98 Å². The zero-order valence-corrected chi connectivity index (χ0v) is 12.3. The number of carbonyl (C=O) groups is 1. The van der Waals surface area contributed by atoms with Crippen molar-refractivity contribution in [3.63, 3.8) is 0 Å². The molecule has 4 heteroatoms. The summed E-state index contributed by atoms with van der Waals surface area (Å²) in [5, 5.41) is 8.83. The molecule has 0 aliphatic carbocycles. The highest BCUT2D eigenvalue weighted by Gasteiger charge is 2.18. The Labute approximate surface area is 118 Å². The fourth-order valence-corrected chi connectivity index (χ4v) is 2.61. The third-order valence-electron chi connectivity index (χ3n) is 3.28. The standard InChI is InChI=1S/C16H19NO3/c1-9-7-10(2)15(11(3)8-9)16-13(5-6-14(18)19)20-12(4)17-16/h7-8H,5-6H2,1-4H3,(H,18,19). The molecule has 0 aliphatic rings. The number of hydrogen-bond donors (Lipinski definition) is 1. The molecule has 2 rings (SSSR count). The zero-order chi connectivity index (χ0) is 14.9. The Kier molecular flexibility index (Phi) is 3.93. The van der Waals surface area contributed by atoms with Crippen LogP contribution in [0.4, 0.5) is 0 Å². The number of oxazole rings is 1. The van der Waals surface area contributed by atoms with E-state index in [1.807, 2.05) is 13.8 Å². The molecule has 2 aromatic rings.